The van der Waals surface area contributed by atoms with Crippen molar-refractivity contribution in [3.63, 3.8) is 0 Å². The monoisotopic (exact) mass is 628 g/mol. The summed E-state index contributed by atoms with van der Waals surface area (Å²) >= 11 is 2.03. The first kappa shape index (κ1) is 26.6. The molecule has 4 atom stereocenters. The van der Waals surface area contributed by atoms with Crippen molar-refractivity contribution in [3.8, 4) is 11.5 Å². The number of nitrogens with zero attached hydrogens (tertiary/aromatic N) is 2. The van der Waals surface area contributed by atoms with Gasteiger partial charge in [-0.1, -0.05) is 66.7 Å². The van der Waals surface area contributed by atoms with Crippen LogP contribution in [0, 0.1) is 3.70 Å². The zero-order valence-electron chi connectivity index (χ0n) is 20.9. The van der Waals surface area contributed by atoms with Crippen LogP contribution in [0.5, 0.6) is 11.5 Å². The van der Waals surface area contributed by atoms with Crippen molar-refractivity contribution in [3.05, 3.63) is 112 Å². The highest BCUT2D eigenvalue weighted by Gasteiger charge is 2.56. The number of aliphatic hydroxyl groups excluding tert-OH is 2. The Morgan fingerprint density at radius 1 is 1.03 bits per heavy atom. The predicted octanol–water partition coefficient (Wildman–Crippen LogP) is 3.65. The molecule has 0 aliphatic carbocycles. The third kappa shape index (κ3) is 4.48. The number of benzene rings is 3. The van der Waals surface area contributed by atoms with E-state index in [1.165, 1.54) is 10.9 Å². The van der Waals surface area contributed by atoms with Crippen molar-refractivity contribution in [1.29, 1.82) is 0 Å². The summed E-state index contributed by atoms with van der Waals surface area (Å²) < 4.78 is 19.5. The maximum absolute atomic E-state index is 12.4. The minimum absolute atomic E-state index is 0.152. The molecule has 9 heteroatoms. The Labute approximate surface area is 234 Å². The molecule has 38 heavy (non-hydrogen) atoms. The molecule has 1 saturated heterocycles. The van der Waals surface area contributed by atoms with Crippen molar-refractivity contribution >= 4 is 22.6 Å². The highest BCUT2D eigenvalue weighted by atomic mass is 127. The van der Waals surface area contributed by atoms with Crippen molar-refractivity contribution in [2.24, 2.45) is 0 Å². The summed E-state index contributed by atoms with van der Waals surface area (Å²) in [4.78, 5) is 4.17. The predicted molar refractivity (Wildman–Crippen MR) is 149 cm³/mol. The SMILES string of the molecule is COc1ccc(C(c2ccccc2)(c2ccccc2)C(O)[C@H]2O[C@@](O)(n3cnc(I)c3)C[C@@H]2O)c(OC)c1. The number of hydrogen-bond donors (Lipinski definition) is 3. The summed E-state index contributed by atoms with van der Waals surface area (Å²) in [5.74, 6) is -0.802. The third-order valence-electron chi connectivity index (χ3n) is 7.18. The van der Waals surface area contributed by atoms with Gasteiger partial charge in [0, 0.05) is 17.8 Å². The molecule has 1 aliphatic heterocycles. The van der Waals surface area contributed by atoms with E-state index in [1.54, 1.807) is 32.5 Å². The topological polar surface area (TPSA) is 106 Å². The van der Waals surface area contributed by atoms with Gasteiger partial charge in [0.25, 0.3) is 5.91 Å². The number of imidazole rings is 1. The van der Waals surface area contributed by atoms with Gasteiger partial charge >= 0.3 is 0 Å². The maximum Gasteiger partial charge on any atom is 0.256 e. The summed E-state index contributed by atoms with van der Waals surface area (Å²) in [7, 11) is 3.14. The van der Waals surface area contributed by atoms with Crippen LogP contribution in [0.25, 0.3) is 0 Å². The van der Waals surface area contributed by atoms with E-state index >= 15 is 0 Å². The van der Waals surface area contributed by atoms with Crippen LogP contribution in [-0.4, -0.2) is 57.4 Å². The summed E-state index contributed by atoms with van der Waals surface area (Å²) in [6, 6.07) is 24.5. The lowest BCUT2D eigenvalue weighted by Gasteiger charge is -2.43. The number of aromatic nitrogens is 2. The fourth-order valence-corrected chi connectivity index (χ4v) is 5.84. The van der Waals surface area contributed by atoms with Crippen molar-refractivity contribution < 1.29 is 29.5 Å². The van der Waals surface area contributed by atoms with E-state index in [0.29, 0.717) is 20.8 Å². The molecule has 3 aromatic carbocycles. The molecule has 0 amide bonds. The maximum atomic E-state index is 12.4. The highest BCUT2D eigenvalue weighted by molar-refractivity contribution is 14.1. The van der Waals surface area contributed by atoms with E-state index in [9.17, 15) is 15.3 Å². The van der Waals surface area contributed by atoms with E-state index in [-0.39, 0.29) is 6.42 Å². The molecule has 8 nitrogen and oxygen atoms in total. The van der Waals surface area contributed by atoms with Gasteiger partial charge in [-0.2, -0.15) is 0 Å². The van der Waals surface area contributed by atoms with Crippen molar-refractivity contribution in [1.82, 2.24) is 9.55 Å². The van der Waals surface area contributed by atoms with Gasteiger partial charge in [0.05, 0.1) is 32.2 Å². The molecule has 2 heterocycles. The molecule has 0 spiro atoms. The number of halogens is 1. The first-order chi connectivity index (χ1) is 18.3. The molecule has 0 saturated carbocycles. The minimum Gasteiger partial charge on any atom is -0.497 e. The van der Waals surface area contributed by atoms with Crippen LogP contribution in [0.3, 0.4) is 0 Å². The molecule has 4 aromatic rings. The largest absolute Gasteiger partial charge is 0.497 e. The molecule has 0 bridgehead atoms. The molecule has 1 aliphatic rings. The smallest absolute Gasteiger partial charge is 0.256 e. The number of rotatable bonds is 8. The minimum atomic E-state index is -1.88. The Hall–Kier alpha value is -2.96. The normalized spacial score (nSPS) is 22.3. The summed E-state index contributed by atoms with van der Waals surface area (Å²) in [6.07, 6.45) is -0.812. The summed E-state index contributed by atoms with van der Waals surface area (Å²) in [5, 5.41) is 35.1. The van der Waals surface area contributed by atoms with Gasteiger partial charge in [-0.25, -0.2) is 4.98 Å². The lowest BCUT2D eigenvalue weighted by atomic mass is 9.63. The average Bonchev–Trinajstić information content (AvgIpc) is 3.53. The van der Waals surface area contributed by atoms with Gasteiger partial charge < -0.3 is 29.5 Å². The zero-order chi connectivity index (χ0) is 26.9. The van der Waals surface area contributed by atoms with Crippen molar-refractivity contribution in [2.75, 3.05) is 14.2 Å². The summed E-state index contributed by atoms with van der Waals surface area (Å²) in [5.41, 5.74) is 0.894. The van der Waals surface area contributed by atoms with E-state index in [2.05, 4.69) is 4.98 Å². The number of aliphatic hydroxyl groups is 3. The number of methoxy groups -OCH3 is 2. The van der Waals surface area contributed by atoms with Gasteiger partial charge in [-0.05, 0) is 39.8 Å². The zero-order valence-corrected chi connectivity index (χ0v) is 23.1. The highest BCUT2D eigenvalue weighted by Crippen LogP contribution is 2.50. The van der Waals surface area contributed by atoms with Crippen LogP contribution >= 0.6 is 22.6 Å². The standard InChI is InChI=1S/C29H29IN2O6/c1-36-21-13-14-22(24(15-21)37-2)29(19-9-5-3-6-10-19,20-11-7-4-8-12-20)27(34)26-23(33)16-28(35,38-26)32-17-25(30)31-18-32/h3-15,17-18,23,26-27,33-35H,16H2,1-2H3/t23-,26-,27?,28+/m0/s1. The van der Waals surface area contributed by atoms with Gasteiger partial charge in [-0.15, -0.1) is 0 Å². The second kappa shape index (κ2) is 10.7. The second-order valence-corrected chi connectivity index (χ2v) is 10.4. The molecule has 1 aromatic heterocycles. The van der Waals surface area contributed by atoms with E-state index in [0.717, 1.165) is 11.1 Å². The van der Waals surface area contributed by atoms with Crippen LogP contribution < -0.4 is 9.47 Å². The Bertz CT molecular complexity index is 1340. The fourth-order valence-electron chi connectivity index (χ4n) is 5.42. The van der Waals surface area contributed by atoms with Gasteiger partial charge in [0.2, 0.25) is 0 Å². The van der Waals surface area contributed by atoms with Crippen LogP contribution in [0.2, 0.25) is 0 Å². The molecule has 0 radical (unpaired) electrons. The summed E-state index contributed by atoms with van der Waals surface area (Å²) in [6.45, 7) is 0. The van der Waals surface area contributed by atoms with Gasteiger partial charge in [0.15, 0.2) is 0 Å². The fraction of sp³-hybridized carbons (Fsp3) is 0.276. The average molecular weight is 628 g/mol. The third-order valence-corrected chi connectivity index (χ3v) is 7.74. The number of ether oxygens (including phenoxy) is 3. The Kier molecular flexibility index (Phi) is 7.47. The lowest BCUT2D eigenvalue weighted by molar-refractivity contribution is -0.266. The Morgan fingerprint density at radius 2 is 1.66 bits per heavy atom. The van der Waals surface area contributed by atoms with Crippen LogP contribution in [0.1, 0.15) is 23.1 Å². The van der Waals surface area contributed by atoms with E-state index in [4.69, 9.17) is 14.2 Å². The molecular formula is C29H29IN2O6. The van der Waals surface area contributed by atoms with E-state index in [1.807, 2.05) is 89.3 Å². The molecule has 5 rings (SSSR count). The number of hydrogen-bond acceptors (Lipinski definition) is 7. The van der Waals surface area contributed by atoms with E-state index < -0.39 is 29.6 Å². The first-order valence-corrected chi connectivity index (χ1v) is 13.2. The molecule has 1 unspecified atom stereocenters. The molecule has 3 N–H and O–H groups in total. The Morgan fingerprint density at radius 3 is 2.18 bits per heavy atom. The Balaban J connectivity index is 1.74. The molecular weight excluding hydrogens is 599 g/mol. The van der Waals surface area contributed by atoms with Crippen LogP contribution in [-0.2, 0) is 16.1 Å². The van der Waals surface area contributed by atoms with Gasteiger partial charge in [0.1, 0.15) is 33.7 Å². The lowest BCUT2D eigenvalue weighted by Crippen LogP contribution is -2.52. The van der Waals surface area contributed by atoms with Crippen LogP contribution in [0.4, 0.5) is 0 Å². The quantitative estimate of drug-likeness (QED) is 0.202. The van der Waals surface area contributed by atoms with Crippen LogP contribution in [0.15, 0.2) is 91.4 Å². The molecule has 1 fully saturated rings. The van der Waals surface area contributed by atoms with Gasteiger partial charge in [-0.3, -0.25) is 4.57 Å². The molecule has 198 valence electrons. The first-order valence-electron chi connectivity index (χ1n) is 12.1. The van der Waals surface area contributed by atoms with Crippen molar-refractivity contribution in [2.45, 2.75) is 36.1 Å². The second-order valence-electron chi connectivity index (χ2n) is 9.25.